The fourth-order valence-electron chi connectivity index (χ4n) is 1.47. The summed E-state index contributed by atoms with van der Waals surface area (Å²) < 4.78 is 0. The van der Waals surface area contributed by atoms with Crippen LogP contribution in [0.3, 0.4) is 0 Å². The second-order valence-corrected chi connectivity index (χ2v) is 5.54. The third-order valence-corrected chi connectivity index (χ3v) is 2.62. The quantitative estimate of drug-likeness (QED) is 0.550. The van der Waals surface area contributed by atoms with Gasteiger partial charge in [0.15, 0.2) is 0 Å². The van der Waals surface area contributed by atoms with Crippen molar-refractivity contribution in [2.75, 3.05) is 0 Å². The van der Waals surface area contributed by atoms with Crippen molar-refractivity contribution in [2.45, 2.75) is 46.7 Å². The molecule has 10 heavy (non-hydrogen) atoms. The zero-order chi connectivity index (χ0) is 8.20. The molecule has 0 spiro atoms. The van der Waals surface area contributed by atoms with Crippen LogP contribution in [0.25, 0.3) is 0 Å². The van der Waals surface area contributed by atoms with Crippen LogP contribution in [0.15, 0.2) is 0 Å². The molecule has 0 saturated heterocycles. The van der Waals surface area contributed by atoms with E-state index < -0.39 is 0 Å². The van der Waals surface area contributed by atoms with Crippen molar-refractivity contribution >= 4 is 9.52 Å². The SMILES string of the molecule is C[Si]CC(C)CC(C)(C)C. The first-order valence-corrected chi connectivity index (χ1v) is 5.81. The van der Waals surface area contributed by atoms with E-state index in [1.54, 1.807) is 0 Å². The first-order chi connectivity index (χ1) is 4.45. The van der Waals surface area contributed by atoms with Crippen molar-refractivity contribution in [3.8, 4) is 0 Å². The zero-order valence-electron chi connectivity index (χ0n) is 7.99. The van der Waals surface area contributed by atoms with E-state index in [1.807, 2.05) is 0 Å². The molecule has 1 heteroatoms. The highest BCUT2D eigenvalue weighted by Gasteiger charge is 2.13. The Morgan fingerprint density at radius 1 is 1.30 bits per heavy atom. The van der Waals surface area contributed by atoms with E-state index in [4.69, 9.17) is 0 Å². The molecule has 0 nitrogen and oxygen atoms in total. The molecule has 0 aliphatic heterocycles. The van der Waals surface area contributed by atoms with E-state index >= 15 is 0 Å². The molecular weight excluding hydrogens is 136 g/mol. The number of rotatable bonds is 3. The van der Waals surface area contributed by atoms with Crippen molar-refractivity contribution in [3.05, 3.63) is 0 Å². The van der Waals surface area contributed by atoms with Crippen molar-refractivity contribution in [2.24, 2.45) is 11.3 Å². The van der Waals surface area contributed by atoms with Crippen LogP contribution in [0, 0.1) is 11.3 Å². The van der Waals surface area contributed by atoms with Crippen LogP contribution in [-0.4, -0.2) is 9.52 Å². The monoisotopic (exact) mass is 156 g/mol. The fourth-order valence-corrected chi connectivity index (χ4v) is 2.31. The highest BCUT2D eigenvalue weighted by Crippen LogP contribution is 2.25. The number of hydrogen-bond donors (Lipinski definition) is 0. The predicted molar refractivity (Wildman–Crippen MR) is 49.7 cm³/mol. The van der Waals surface area contributed by atoms with Gasteiger partial charge in [-0.3, -0.25) is 0 Å². The molecule has 0 saturated carbocycles. The number of hydrogen-bond acceptors (Lipinski definition) is 0. The molecule has 0 aliphatic carbocycles. The molecule has 60 valence electrons. The zero-order valence-corrected chi connectivity index (χ0v) is 8.99. The topological polar surface area (TPSA) is 0 Å². The fraction of sp³-hybridized carbons (Fsp3) is 1.00. The summed E-state index contributed by atoms with van der Waals surface area (Å²) in [6.07, 6.45) is 1.37. The summed E-state index contributed by atoms with van der Waals surface area (Å²) in [5.41, 5.74) is 0.527. The lowest BCUT2D eigenvalue weighted by atomic mass is 9.86. The van der Waals surface area contributed by atoms with Crippen LogP contribution < -0.4 is 0 Å². The van der Waals surface area contributed by atoms with E-state index in [2.05, 4.69) is 34.2 Å². The molecule has 0 aromatic rings. The molecule has 0 aliphatic rings. The van der Waals surface area contributed by atoms with E-state index in [0.717, 1.165) is 15.4 Å². The third-order valence-electron chi connectivity index (χ3n) is 1.51. The van der Waals surface area contributed by atoms with E-state index in [9.17, 15) is 0 Å². The van der Waals surface area contributed by atoms with Gasteiger partial charge in [0.1, 0.15) is 0 Å². The summed E-state index contributed by atoms with van der Waals surface area (Å²) in [7, 11) is 1.12. The lowest BCUT2D eigenvalue weighted by Crippen LogP contribution is -2.11. The molecule has 1 unspecified atom stereocenters. The van der Waals surface area contributed by atoms with E-state index in [-0.39, 0.29) is 0 Å². The maximum Gasteiger partial charge on any atom is 0.0345 e. The summed E-state index contributed by atoms with van der Waals surface area (Å²) in [6, 6.07) is 1.41. The Kier molecular flexibility index (Phi) is 4.26. The van der Waals surface area contributed by atoms with Crippen LogP contribution in [-0.2, 0) is 0 Å². The van der Waals surface area contributed by atoms with Crippen LogP contribution >= 0.6 is 0 Å². The summed E-state index contributed by atoms with van der Waals surface area (Å²) in [4.78, 5) is 0. The molecule has 0 bridgehead atoms. The van der Waals surface area contributed by atoms with Gasteiger partial charge in [0.25, 0.3) is 0 Å². The Hall–Kier alpha value is 0.217. The Bertz CT molecular complexity index is 81.2. The summed E-state index contributed by atoms with van der Waals surface area (Å²) in [6.45, 7) is 11.6. The molecule has 0 amide bonds. The van der Waals surface area contributed by atoms with Crippen LogP contribution in [0.1, 0.15) is 34.1 Å². The van der Waals surface area contributed by atoms with Gasteiger partial charge in [-0.05, 0) is 17.8 Å². The highest BCUT2D eigenvalue weighted by molar-refractivity contribution is 6.33. The Labute approximate surface area is 68.2 Å². The third kappa shape index (κ3) is 6.34. The average molecular weight is 156 g/mol. The van der Waals surface area contributed by atoms with E-state index in [0.29, 0.717) is 5.41 Å². The second-order valence-electron chi connectivity index (χ2n) is 4.43. The first kappa shape index (κ1) is 10.2. The van der Waals surface area contributed by atoms with Gasteiger partial charge in [0.2, 0.25) is 0 Å². The largest absolute Gasteiger partial charge is 0.0733 e. The lowest BCUT2D eigenvalue weighted by Gasteiger charge is -2.22. The van der Waals surface area contributed by atoms with Gasteiger partial charge in [0, 0.05) is 9.52 Å². The van der Waals surface area contributed by atoms with Crippen molar-refractivity contribution in [1.29, 1.82) is 0 Å². The maximum atomic E-state index is 2.36. The molecule has 2 radical (unpaired) electrons. The smallest absolute Gasteiger partial charge is 0.0345 e. The first-order valence-electron chi connectivity index (χ1n) is 4.10. The van der Waals surface area contributed by atoms with Crippen LogP contribution in [0.4, 0.5) is 0 Å². The van der Waals surface area contributed by atoms with Gasteiger partial charge in [-0.25, -0.2) is 0 Å². The standard InChI is InChI=1S/C9H20Si/c1-8(7-10-5)6-9(2,3)4/h8H,6-7H2,1-5H3. The molecule has 0 heterocycles. The molecular formula is C9H20Si. The summed E-state index contributed by atoms with van der Waals surface area (Å²) in [5.74, 6) is 0.920. The second kappa shape index (κ2) is 4.17. The highest BCUT2D eigenvalue weighted by atomic mass is 28.2. The summed E-state index contributed by atoms with van der Waals surface area (Å²) in [5, 5.41) is 0. The van der Waals surface area contributed by atoms with Crippen molar-refractivity contribution in [3.63, 3.8) is 0 Å². The van der Waals surface area contributed by atoms with Gasteiger partial charge >= 0.3 is 0 Å². The predicted octanol–water partition coefficient (Wildman–Crippen LogP) is 3.23. The van der Waals surface area contributed by atoms with Gasteiger partial charge in [0.05, 0.1) is 0 Å². The average Bonchev–Trinajstić information content (AvgIpc) is 1.59. The molecule has 0 rings (SSSR count). The van der Waals surface area contributed by atoms with Crippen molar-refractivity contribution in [1.82, 2.24) is 0 Å². The van der Waals surface area contributed by atoms with Crippen LogP contribution in [0.5, 0.6) is 0 Å². The molecule has 0 N–H and O–H groups in total. The minimum absolute atomic E-state index is 0.527. The van der Waals surface area contributed by atoms with Gasteiger partial charge in [-0.1, -0.05) is 40.3 Å². The molecule has 0 aromatic heterocycles. The van der Waals surface area contributed by atoms with Gasteiger partial charge in [-0.2, -0.15) is 0 Å². The maximum absolute atomic E-state index is 2.36. The van der Waals surface area contributed by atoms with Gasteiger partial charge in [-0.15, -0.1) is 0 Å². The Balaban J connectivity index is 3.47. The molecule has 0 aromatic carbocycles. The lowest BCUT2D eigenvalue weighted by molar-refractivity contribution is 0.320. The Morgan fingerprint density at radius 2 is 1.80 bits per heavy atom. The molecule has 0 fully saturated rings. The minimum Gasteiger partial charge on any atom is -0.0733 e. The minimum atomic E-state index is 0.527. The summed E-state index contributed by atoms with van der Waals surface area (Å²) >= 11 is 0. The van der Waals surface area contributed by atoms with Crippen molar-refractivity contribution < 1.29 is 0 Å². The molecule has 1 atom stereocenters. The Morgan fingerprint density at radius 3 is 2.10 bits per heavy atom. The van der Waals surface area contributed by atoms with Crippen LogP contribution in [0.2, 0.25) is 12.6 Å². The van der Waals surface area contributed by atoms with E-state index in [1.165, 1.54) is 12.5 Å². The van der Waals surface area contributed by atoms with Gasteiger partial charge < -0.3 is 0 Å². The normalized spacial score (nSPS) is 15.3.